The predicted molar refractivity (Wildman–Crippen MR) is 97.6 cm³/mol. The number of Topliss-reactive ketones (excluding diaryl/α,β-unsaturated/α-hetero) is 1. The minimum atomic E-state index is -3.56. The largest absolute Gasteiger partial charge is 0.495 e. The van der Waals surface area contributed by atoms with Crippen molar-refractivity contribution in [1.82, 2.24) is 9.97 Å². The summed E-state index contributed by atoms with van der Waals surface area (Å²) in [6.45, 7) is 1.65. The fourth-order valence-corrected chi connectivity index (χ4v) is 2.99. The predicted octanol–water partition coefficient (Wildman–Crippen LogP) is 2.55. The molecular formula is C19H19F3N4O3. The number of pyridine rings is 2. The molecule has 154 valence electrons. The number of hydrogen-bond acceptors (Lipinski definition) is 7. The molecule has 29 heavy (non-hydrogen) atoms. The first-order valence-electron chi connectivity index (χ1n) is 8.63. The number of nitrogens with zero attached hydrogens (tertiary/aromatic N) is 3. The Morgan fingerprint density at radius 1 is 1.38 bits per heavy atom. The van der Waals surface area contributed by atoms with Crippen LogP contribution >= 0.6 is 0 Å². The molecule has 0 aromatic carbocycles. The summed E-state index contributed by atoms with van der Waals surface area (Å²) >= 11 is 0. The topological polar surface area (TPSA) is 99.7 Å². The molecule has 1 aliphatic heterocycles. The Morgan fingerprint density at radius 3 is 2.76 bits per heavy atom. The van der Waals surface area contributed by atoms with Gasteiger partial charge < -0.3 is 15.2 Å². The molecule has 0 saturated heterocycles. The molecule has 0 unspecified atom stereocenters. The van der Waals surface area contributed by atoms with Crippen LogP contribution in [0.15, 0.2) is 29.4 Å². The molecular weight excluding hydrogens is 389 g/mol. The van der Waals surface area contributed by atoms with Crippen LogP contribution in [0, 0.1) is 12.7 Å². The minimum absolute atomic E-state index is 0.0979. The number of carbonyl (C=O) groups excluding carboxylic acids is 1. The number of nitrogens with two attached hydrogens (primary N) is 1. The number of ether oxygens (including phenoxy) is 2. The Bertz CT molecular complexity index is 997. The Kier molecular flexibility index (Phi) is 5.20. The Morgan fingerprint density at radius 2 is 2.10 bits per heavy atom. The molecule has 0 spiro atoms. The minimum Gasteiger partial charge on any atom is -0.495 e. The number of ketones is 1. The molecule has 1 aliphatic rings. The van der Waals surface area contributed by atoms with Crippen LogP contribution in [-0.2, 0) is 16.7 Å². The molecule has 2 aromatic heterocycles. The number of amidine groups is 1. The highest BCUT2D eigenvalue weighted by Gasteiger charge is 2.57. The second-order valence-electron chi connectivity index (χ2n) is 6.79. The fourth-order valence-electron chi connectivity index (χ4n) is 2.99. The Balaban J connectivity index is 1.96. The number of carbonyl (C=O) groups is 1. The van der Waals surface area contributed by atoms with Crippen LogP contribution in [0.5, 0.6) is 5.75 Å². The first-order chi connectivity index (χ1) is 13.6. The van der Waals surface area contributed by atoms with E-state index in [1.54, 1.807) is 13.0 Å². The molecule has 3 heterocycles. The number of methoxy groups -OCH3 is 1. The smallest absolute Gasteiger partial charge is 0.311 e. The number of rotatable bonds is 5. The first kappa shape index (κ1) is 20.6. The average Bonchev–Trinajstić information content (AvgIpc) is 2.66. The van der Waals surface area contributed by atoms with Crippen LogP contribution in [0.1, 0.15) is 34.4 Å². The third kappa shape index (κ3) is 3.74. The molecule has 7 nitrogen and oxygen atoms in total. The third-order valence-corrected chi connectivity index (χ3v) is 4.71. The van der Waals surface area contributed by atoms with E-state index in [0.717, 1.165) is 13.0 Å². The van der Waals surface area contributed by atoms with Crippen molar-refractivity contribution < 1.29 is 27.4 Å². The standard InChI is InChI=1S/C19H19F3N4O3/c1-10-6-12(28-3)8-24-15(10)14(27)7-11-4-5-13(20)16(25-11)18(2)19(21,22)9-29-17(23)26-18/h4-6,8H,7,9H2,1-3H3,(H2,23,26)/t18-/m1/s1. The van der Waals surface area contributed by atoms with Crippen molar-refractivity contribution in [1.29, 1.82) is 0 Å². The normalized spacial score (nSPS) is 20.6. The van der Waals surface area contributed by atoms with E-state index in [9.17, 15) is 18.0 Å². The van der Waals surface area contributed by atoms with Gasteiger partial charge in [0, 0.05) is 5.69 Å². The number of aliphatic imine (C=N–C) groups is 1. The number of aryl methyl sites for hydroxylation is 1. The van der Waals surface area contributed by atoms with Gasteiger partial charge in [0.1, 0.15) is 23.0 Å². The molecule has 10 heteroatoms. The monoisotopic (exact) mass is 408 g/mol. The zero-order chi connectivity index (χ0) is 21.4. The van der Waals surface area contributed by atoms with Crippen LogP contribution in [0.25, 0.3) is 0 Å². The number of alkyl halides is 2. The summed E-state index contributed by atoms with van der Waals surface area (Å²) in [5, 5.41) is 0. The van der Waals surface area contributed by atoms with Gasteiger partial charge in [0.25, 0.3) is 6.02 Å². The summed E-state index contributed by atoms with van der Waals surface area (Å²) in [7, 11) is 1.48. The Hall–Kier alpha value is -3.17. The van der Waals surface area contributed by atoms with E-state index in [0.29, 0.717) is 11.3 Å². The summed E-state index contributed by atoms with van der Waals surface area (Å²) in [4.78, 5) is 24.3. The van der Waals surface area contributed by atoms with Crippen molar-refractivity contribution in [2.75, 3.05) is 13.7 Å². The average molecular weight is 408 g/mol. The lowest BCUT2D eigenvalue weighted by molar-refractivity contribution is -0.118. The molecule has 2 N–H and O–H groups in total. The van der Waals surface area contributed by atoms with Gasteiger partial charge in [0.05, 0.1) is 19.7 Å². The van der Waals surface area contributed by atoms with Crippen molar-refractivity contribution in [3.05, 3.63) is 52.9 Å². The van der Waals surface area contributed by atoms with E-state index in [-0.39, 0.29) is 17.8 Å². The first-order valence-corrected chi connectivity index (χ1v) is 8.63. The molecule has 0 aliphatic carbocycles. The maximum atomic E-state index is 14.5. The van der Waals surface area contributed by atoms with Gasteiger partial charge >= 0.3 is 5.92 Å². The lowest BCUT2D eigenvalue weighted by Gasteiger charge is -2.36. The summed E-state index contributed by atoms with van der Waals surface area (Å²) in [5.74, 6) is -4.45. The van der Waals surface area contributed by atoms with Gasteiger partial charge in [0.15, 0.2) is 17.9 Å². The van der Waals surface area contributed by atoms with Crippen molar-refractivity contribution in [3.8, 4) is 5.75 Å². The highest BCUT2D eigenvalue weighted by Crippen LogP contribution is 2.43. The molecule has 3 rings (SSSR count). The van der Waals surface area contributed by atoms with Crippen molar-refractivity contribution in [2.45, 2.75) is 31.7 Å². The third-order valence-electron chi connectivity index (χ3n) is 4.71. The van der Waals surface area contributed by atoms with Gasteiger partial charge in [-0.3, -0.25) is 9.78 Å². The molecule has 0 fully saturated rings. The molecule has 0 amide bonds. The number of halogens is 3. The maximum absolute atomic E-state index is 14.5. The van der Waals surface area contributed by atoms with Gasteiger partial charge in [-0.15, -0.1) is 0 Å². The summed E-state index contributed by atoms with van der Waals surface area (Å²) in [5.41, 5.74) is 3.31. The van der Waals surface area contributed by atoms with Gasteiger partial charge in [-0.1, -0.05) is 0 Å². The summed E-state index contributed by atoms with van der Waals surface area (Å²) in [6, 6.07) is 3.38. The lowest BCUT2D eigenvalue weighted by atomic mass is 9.88. The summed E-state index contributed by atoms with van der Waals surface area (Å²) in [6.07, 6.45) is 1.13. The maximum Gasteiger partial charge on any atom is 0.311 e. The molecule has 0 radical (unpaired) electrons. The van der Waals surface area contributed by atoms with Crippen molar-refractivity contribution in [2.24, 2.45) is 10.7 Å². The van der Waals surface area contributed by atoms with Crippen LogP contribution in [0.2, 0.25) is 0 Å². The second-order valence-corrected chi connectivity index (χ2v) is 6.79. The van der Waals surface area contributed by atoms with Gasteiger partial charge in [0.2, 0.25) is 0 Å². The zero-order valence-corrected chi connectivity index (χ0v) is 16.0. The van der Waals surface area contributed by atoms with Crippen molar-refractivity contribution >= 4 is 11.8 Å². The fraction of sp³-hybridized carbons (Fsp3) is 0.368. The van der Waals surface area contributed by atoms with Gasteiger partial charge in [-0.05, 0) is 37.6 Å². The van der Waals surface area contributed by atoms with E-state index in [1.165, 1.54) is 19.4 Å². The zero-order valence-electron chi connectivity index (χ0n) is 16.0. The van der Waals surface area contributed by atoms with Gasteiger partial charge in [-0.2, -0.15) is 8.78 Å². The van der Waals surface area contributed by atoms with E-state index in [4.69, 9.17) is 10.5 Å². The lowest BCUT2D eigenvalue weighted by Crippen LogP contribution is -2.51. The van der Waals surface area contributed by atoms with E-state index in [1.807, 2.05) is 0 Å². The molecule has 0 saturated carbocycles. The number of hydrogen-bond donors (Lipinski definition) is 1. The summed E-state index contributed by atoms with van der Waals surface area (Å²) < 4.78 is 53.0. The SMILES string of the molecule is COc1cnc(C(=O)Cc2ccc(F)c([C@@]3(C)N=C(N)OCC3(F)F)n2)c(C)c1. The van der Waals surface area contributed by atoms with Crippen LogP contribution in [-0.4, -0.2) is 41.4 Å². The van der Waals surface area contributed by atoms with E-state index in [2.05, 4.69) is 19.7 Å². The molecule has 2 aromatic rings. The molecule has 0 bridgehead atoms. The van der Waals surface area contributed by atoms with Crippen molar-refractivity contribution in [3.63, 3.8) is 0 Å². The van der Waals surface area contributed by atoms with E-state index >= 15 is 0 Å². The van der Waals surface area contributed by atoms with Crippen LogP contribution in [0.4, 0.5) is 13.2 Å². The van der Waals surface area contributed by atoms with Gasteiger partial charge in [-0.25, -0.2) is 14.4 Å². The highest BCUT2D eigenvalue weighted by molar-refractivity contribution is 5.96. The highest BCUT2D eigenvalue weighted by atomic mass is 19.3. The van der Waals surface area contributed by atoms with Crippen LogP contribution in [0.3, 0.4) is 0 Å². The quantitative estimate of drug-likeness (QED) is 0.764. The van der Waals surface area contributed by atoms with Crippen LogP contribution < -0.4 is 10.5 Å². The van der Waals surface area contributed by atoms with E-state index < -0.39 is 41.4 Å². The molecule has 1 atom stereocenters. The second kappa shape index (κ2) is 7.34. The Labute approximate surface area is 164 Å². The number of aromatic nitrogens is 2.